The highest BCUT2D eigenvalue weighted by atomic mass is 32.2. The first-order valence-corrected chi connectivity index (χ1v) is 12.1. The van der Waals surface area contributed by atoms with E-state index in [-0.39, 0.29) is 28.7 Å². The fourth-order valence-electron chi connectivity index (χ4n) is 3.68. The monoisotopic (exact) mass is 490 g/mol. The van der Waals surface area contributed by atoms with Gasteiger partial charge in [0.2, 0.25) is 10.0 Å². The third-order valence-electron chi connectivity index (χ3n) is 5.60. The molecular formula is C26H22N2O6S. The molecule has 0 saturated carbocycles. The van der Waals surface area contributed by atoms with Crippen LogP contribution >= 0.6 is 0 Å². The molecule has 5 N–H and O–H groups in total. The molecule has 0 fully saturated rings. The molecule has 0 unspecified atom stereocenters. The second kappa shape index (κ2) is 9.57. The molecule has 0 aliphatic heterocycles. The Morgan fingerprint density at radius 3 is 2.06 bits per heavy atom. The third kappa shape index (κ3) is 5.65. The van der Waals surface area contributed by atoms with E-state index in [1.807, 2.05) is 0 Å². The number of benzene rings is 4. The highest BCUT2D eigenvalue weighted by Gasteiger charge is 2.11. The Balaban J connectivity index is 1.50. The van der Waals surface area contributed by atoms with Gasteiger partial charge in [-0.15, -0.1) is 0 Å². The molecule has 8 nitrogen and oxygen atoms in total. The maximum atomic E-state index is 12.7. The number of phenols is 1. The van der Waals surface area contributed by atoms with Crippen LogP contribution in [0.4, 0.5) is 0 Å². The minimum atomic E-state index is -3.78. The average Bonchev–Trinajstić information content (AvgIpc) is 2.83. The predicted octanol–water partition coefficient (Wildman–Crippen LogP) is 3.41. The summed E-state index contributed by atoms with van der Waals surface area (Å²) < 4.78 is 22.7. The van der Waals surface area contributed by atoms with E-state index < -0.39 is 16.0 Å². The molecule has 0 aliphatic carbocycles. The Morgan fingerprint density at radius 1 is 0.800 bits per heavy atom. The lowest BCUT2D eigenvalue weighted by molar-refractivity contribution is 0.0696. The van der Waals surface area contributed by atoms with Crippen molar-refractivity contribution in [2.45, 2.75) is 17.9 Å². The number of nitrogens with one attached hydrogen (secondary N) is 1. The van der Waals surface area contributed by atoms with Crippen molar-refractivity contribution in [3.05, 3.63) is 107 Å². The fourth-order valence-corrected chi connectivity index (χ4v) is 4.20. The first kappa shape index (κ1) is 23.9. The normalized spacial score (nSPS) is 11.3. The van der Waals surface area contributed by atoms with Crippen LogP contribution in [0.15, 0.2) is 83.8 Å². The fraction of sp³-hybridized carbons (Fsp3) is 0.0769. The van der Waals surface area contributed by atoms with E-state index in [9.17, 15) is 23.1 Å². The highest BCUT2D eigenvalue weighted by Crippen LogP contribution is 2.28. The molecular weight excluding hydrogens is 468 g/mol. The van der Waals surface area contributed by atoms with Crippen molar-refractivity contribution in [1.82, 2.24) is 5.32 Å². The number of rotatable bonds is 7. The number of amides is 1. The van der Waals surface area contributed by atoms with Gasteiger partial charge in [0.25, 0.3) is 5.91 Å². The Kier molecular flexibility index (Phi) is 6.54. The summed E-state index contributed by atoms with van der Waals surface area (Å²) in [6.45, 7) is 0.203. The van der Waals surface area contributed by atoms with Crippen LogP contribution in [-0.2, 0) is 23.0 Å². The Hall–Kier alpha value is -4.21. The van der Waals surface area contributed by atoms with E-state index in [1.165, 1.54) is 24.3 Å². The third-order valence-corrected chi connectivity index (χ3v) is 6.53. The zero-order chi connectivity index (χ0) is 25.2. The van der Waals surface area contributed by atoms with E-state index in [2.05, 4.69) is 5.32 Å². The molecule has 0 spiro atoms. The summed E-state index contributed by atoms with van der Waals surface area (Å²) in [5.41, 5.74) is 2.82. The Morgan fingerprint density at radius 2 is 1.43 bits per heavy atom. The molecule has 9 heteroatoms. The number of aromatic carboxylic acids is 1. The van der Waals surface area contributed by atoms with Crippen LogP contribution in [0.1, 0.15) is 37.4 Å². The number of carboxylic acid groups (broad SMARTS) is 1. The van der Waals surface area contributed by atoms with Gasteiger partial charge >= 0.3 is 5.97 Å². The lowest BCUT2D eigenvalue weighted by atomic mass is 9.98. The van der Waals surface area contributed by atoms with E-state index >= 15 is 0 Å². The van der Waals surface area contributed by atoms with Gasteiger partial charge < -0.3 is 15.5 Å². The van der Waals surface area contributed by atoms with Crippen molar-refractivity contribution < 1.29 is 28.2 Å². The molecule has 0 saturated heterocycles. The van der Waals surface area contributed by atoms with Gasteiger partial charge in [0.15, 0.2) is 0 Å². The summed E-state index contributed by atoms with van der Waals surface area (Å²) in [4.78, 5) is 23.7. The van der Waals surface area contributed by atoms with E-state index in [0.717, 1.165) is 16.3 Å². The topological polar surface area (TPSA) is 147 Å². The molecule has 0 aromatic heterocycles. The van der Waals surface area contributed by atoms with Crippen molar-refractivity contribution in [3.8, 4) is 5.75 Å². The van der Waals surface area contributed by atoms with Gasteiger partial charge in [0.1, 0.15) is 5.75 Å². The number of hydrogen-bond acceptors (Lipinski definition) is 5. The summed E-state index contributed by atoms with van der Waals surface area (Å²) >= 11 is 0. The quantitative estimate of drug-likeness (QED) is 0.312. The van der Waals surface area contributed by atoms with Gasteiger partial charge in [-0.2, -0.15) is 0 Å². The number of fused-ring (bicyclic) bond motifs is 1. The lowest BCUT2D eigenvalue weighted by Crippen LogP contribution is -2.22. The number of carbonyl (C=O) groups is 2. The van der Waals surface area contributed by atoms with Gasteiger partial charge in [0.05, 0.1) is 10.5 Å². The molecule has 4 aromatic carbocycles. The summed E-state index contributed by atoms with van der Waals surface area (Å²) in [5.74, 6) is -1.20. The van der Waals surface area contributed by atoms with Crippen molar-refractivity contribution in [3.63, 3.8) is 0 Å². The molecule has 1 amide bonds. The number of nitrogens with two attached hydrogens (primary N) is 1. The lowest BCUT2D eigenvalue weighted by Gasteiger charge is -2.10. The number of sulfonamides is 1. The predicted molar refractivity (Wildman–Crippen MR) is 131 cm³/mol. The zero-order valence-corrected chi connectivity index (χ0v) is 19.2. The van der Waals surface area contributed by atoms with Crippen molar-refractivity contribution in [2.75, 3.05) is 0 Å². The van der Waals surface area contributed by atoms with Crippen LogP contribution in [0, 0.1) is 0 Å². The van der Waals surface area contributed by atoms with Crippen LogP contribution in [0.5, 0.6) is 5.75 Å². The summed E-state index contributed by atoms with van der Waals surface area (Å²) in [7, 11) is -3.78. The Labute approximate surface area is 201 Å². The molecule has 178 valence electrons. The molecule has 0 radical (unpaired) electrons. The minimum Gasteiger partial charge on any atom is -0.508 e. The summed E-state index contributed by atoms with van der Waals surface area (Å²) in [6, 6.07) is 20.9. The van der Waals surface area contributed by atoms with Crippen LogP contribution in [0.25, 0.3) is 10.8 Å². The Bertz CT molecular complexity index is 1530. The smallest absolute Gasteiger partial charge is 0.335 e. The van der Waals surface area contributed by atoms with Gasteiger partial charge in [0, 0.05) is 18.5 Å². The van der Waals surface area contributed by atoms with Crippen LogP contribution < -0.4 is 10.5 Å². The molecule has 0 aliphatic rings. The molecule has 0 bridgehead atoms. The molecule has 0 heterocycles. The van der Waals surface area contributed by atoms with Gasteiger partial charge in [-0.25, -0.2) is 18.4 Å². The van der Waals surface area contributed by atoms with Crippen LogP contribution in [-0.4, -0.2) is 30.5 Å². The van der Waals surface area contributed by atoms with E-state index in [1.54, 1.807) is 54.6 Å². The number of hydrogen-bond donors (Lipinski definition) is 4. The SMILES string of the molecule is NS(=O)(=O)c1ccc(CNC(=O)c2ccc3cc(O)c(Cc4ccc(C(=O)O)cc4)cc3c2)cc1. The summed E-state index contributed by atoms with van der Waals surface area (Å²) in [5, 5.41) is 28.9. The number of phenolic OH excluding ortho intramolecular Hbond substituents is 1. The standard InChI is InChI=1S/C26H22N2O6S/c27-35(33,34)23-9-3-17(4-10-23)15-28-25(30)20-8-7-19-14-24(29)22(13-21(19)12-20)11-16-1-5-18(6-2-16)26(31)32/h1-10,12-14,29H,11,15H2,(H,28,30)(H,31,32)(H2,27,33,34). The van der Waals surface area contributed by atoms with Gasteiger partial charge in [-0.05, 0) is 76.0 Å². The van der Waals surface area contributed by atoms with Crippen LogP contribution in [0.2, 0.25) is 0 Å². The maximum absolute atomic E-state index is 12.7. The minimum absolute atomic E-state index is 0.000934. The second-order valence-corrected chi connectivity index (χ2v) is 9.65. The molecule has 35 heavy (non-hydrogen) atoms. The zero-order valence-electron chi connectivity index (χ0n) is 18.4. The average molecular weight is 491 g/mol. The first-order valence-electron chi connectivity index (χ1n) is 10.6. The van der Waals surface area contributed by atoms with E-state index in [0.29, 0.717) is 23.1 Å². The highest BCUT2D eigenvalue weighted by molar-refractivity contribution is 7.89. The second-order valence-electron chi connectivity index (χ2n) is 8.09. The van der Waals surface area contributed by atoms with Gasteiger partial charge in [-0.1, -0.05) is 30.3 Å². The van der Waals surface area contributed by atoms with Crippen molar-refractivity contribution in [1.29, 1.82) is 0 Å². The molecule has 4 aromatic rings. The maximum Gasteiger partial charge on any atom is 0.335 e. The number of aromatic hydroxyl groups is 1. The van der Waals surface area contributed by atoms with Crippen molar-refractivity contribution >= 4 is 32.7 Å². The largest absolute Gasteiger partial charge is 0.508 e. The summed E-state index contributed by atoms with van der Waals surface area (Å²) in [6.07, 6.45) is 0.395. The van der Waals surface area contributed by atoms with Crippen molar-refractivity contribution in [2.24, 2.45) is 5.14 Å². The first-order chi connectivity index (χ1) is 16.6. The number of primary sulfonamides is 1. The molecule has 0 atom stereocenters. The van der Waals surface area contributed by atoms with E-state index in [4.69, 9.17) is 10.2 Å². The van der Waals surface area contributed by atoms with Gasteiger partial charge in [-0.3, -0.25) is 4.79 Å². The van der Waals surface area contributed by atoms with Crippen LogP contribution in [0.3, 0.4) is 0 Å². The number of carboxylic acids is 1. The molecule has 4 rings (SSSR count). The number of carbonyl (C=O) groups excluding carboxylic acids is 1.